The van der Waals surface area contributed by atoms with E-state index in [1.165, 1.54) is 27.3 Å². The molecule has 46 heavy (non-hydrogen) atoms. The second-order valence-corrected chi connectivity index (χ2v) is 11.7. The van der Waals surface area contributed by atoms with Gasteiger partial charge < -0.3 is 9.32 Å². The Hall–Kier alpha value is -6.12. The normalized spacial score (nSPS) is 11.5. The maximum absolute atomic E-state index is 7.02. The van der Waals surface area contributed by atoms with Crippen molar-refractivity contribution in [1.29, 1.82) is 0 Å². The van der Waals surface area contributed by atoms with Crippen LogP contribution in [0.1, 0.15) is 0 Å². The lowest BCUT2D eigenvalue weighted by atomic mass is 9.98. The maximum atomic E-state index is 7.02. The molecule has 9 rings (SSSR count). The summed E-state index contributed by atoms with van der Waals surface area (Å²) in [6, 6.07) is 62.6. The summed E-state index contributed by atoms with van der Waals surface area (Å²) in [5.41, 5.74) is 9.55. The second kappa shape index (κ2) is 10.8. The van der Waals surface area contributed by atoms with Gasteiger partial charge in [-0.1, -0.05) is 140 Å². The van der Waals surface area contributed by atoms with Crippen molar-refractivity contribution in [3.8, 4) is 22.3 Å². The van der Waals surface area contributed by atoms with Gasteiger partial charge in [-0.05, 0) is 69.2 Å². The van der Waals surface area contributed by atoms with Gasteiger partial charge in [-0.25, -0.2) is 0 Å². The number of anilines is 3. The standard InChI is InChI=1S/C44H29NO/c1-3-11-30(12-4-1)32-19-23-36(24-20-32)45(37-25-21-31-13-7-8-17-35(31)29-37)42-38(33-14-5-2-6-15-33)27-28-41-40-26-22-34-16-9-10-18-39(34)43(40)46-44(41)42/h1-29H. The molecule has 0 radical (unpaired) electrons. The summed E-state index contributed by atoms with van der Waals surface area (Å²) in [5.74, 6) is 0. The molecule has 2 heteroatoms. The van der Waals surface area contributed by atoms with Crippen LogP contribution in [0, 0.1) is 0 Å². The van der Waals surface area contributed by atoms with Crippen molar-refractivity contribution in [2.75, 3.05) is 4.90 Å². The molecule has 0 atom stereocenters. The zero-order valence-electron chi connectivity index (χ0n) is 25.1. The molecule has 2 nitrogen and oxygen atoms in total. The Morgan fingerprint density at radius 3 is 1.70 bits per heavy atom. The largest absolute Gasteiger partial charge is 0.453 e. The summed E-state index contributed by atoms with van der Waals surface area (Å²) >= 11 is 0. The van der Waals surface area contributed by atoms with Crippen molar-refractivity contribution in [2.45, 2.75) is 0 Å². The molecule has 0 aliphatic heterocycles. The molecule has 0 saturated heterocycles. The Kier molecular flexibility index (Phi) is 6.17. The lowest BCUT2D eigenvalue weighted by Gasteiger charge is -2.28. The number of rotatable bonds is 5. The number of benzene rings is 8. The molecule has 1 heterocycles. The third-order valence-corrected chi connectivity index (χ3v) is 9.04. The minimum Gasteiger partial charge on any atom is -0.453 e. The number of hydrogen-bond acceptors (Lipinski definition) is 2. The Labute approximate surface area is 267 Å². The number of hydrogen-bond donors (Lipinski definition) is 0. The summed E-state index contributed by atoms with van der Waals surface area (Å²) in [7, 11) is 0. The molecule has 0 N–H and O–H groups in total. The molecule has 0 aliphatic rings. The van der Waals surface area contributed by atoms with Gasteiger partial charge >= 0.3 is 0 Å². The molecule has 0 aliphatic carbocycles. The van der Waals surface area contributed by atoms with Crippen LogP contribution in [0.3, 0.4) is 0 Å². The van der Waals surface area contributed by atoms with E-state index in [1.807, 2.05) is 0 Å². The van der Waals surface area contributed by atoms with Gasteiger partial charge in [0.1, 0.15) is 5.58 Å². The van der Waals surface area contributed by atoms with E-state index in [9.17, 15) is 0 Å². The van der Waals surface area contributed by atoms with Crippen LogP contribution in [0.2, 0.25) is 0 Å². The fraction of sp³-hybridized carbons (Fsp3) is 0. The van der Waals surface area contributed by atoms with E-state index in [-0.39, 0.29) is 0 Å². The number of fused-ring (bicyclic) bond motifs is 6. The monoisotopic (exact) mass is 587 g/mol. The van der Waals surface area contributed by atoms with Crippen LogP contribution < -0.4 is 4.90 Å². The van der Waals surface area contributed by atoms with Crippen LogP contribution in [-0.2, 0) is 0 Å². The Morgan fingerprint density at radius 2 is 0.913 bits per heavy atom. The SMILES string of the molecule is c1ccc(-c2ccc(N(c3ccc4ccccc4c3)c3c(-c4ccccc4)ccc4c3oc3c5ccccc5ccc43)cc2)cc1. The van der Waals surface area contributed by atoms with E-state index < -0.39 is 0 Å². The van der Waals surface area contributed by atoms with Gasteiger partial charge in [0.05, 0.1) is 5.69 Å². The molecule has 216 valence electrons. The van der Waals surface area contributed by atoms with Crippen molar-refractivity contribution in [1.82, 2.24) is 0 Å². The van der Waals surface area contributed by atoms with Crippen LogP contribution in [0.15, 0.2) is 180 Å². The van der Waals surface area contributed by atoms with E-state index in [4.69, 9.17) is 4.42 Å². The van der Waals surface area contributed by atoms with Crippen LogP contribution in [0.4, 0.5) is 17.1 Å². The highest BCUT2D eigenvalue weighted by molar-refractivity contribution is 6.19. The van der Waals surface area contributed by atoms with Crippen molar-refractivity contribution < 1.29 is 4.42 Å². The Balaban J connectivity index is 1.37. The molecule has 0 amide bonds. The highest BCUT2D eigenvalue weighted by Crippen LogP contribution is 2.48. The van der Waals surface area contributed by atoms with Crippen LogP contribution in [-0.4, -0.2) is 0 Å². The molecule has 0 fully saturated rings. The Morgan fingerprint density at radius 1 is 0.348 bits per heavy atom. The minimum absolute atomic E-state index is 0.869. The average molecular weight is 588 g/mol. The molecule has 1 aromatic heterocycles. The van der Waals surface area contributed by atoms with Gasteiger partial charge in [0, 0.05) is 33.1 Å². The average Bonchev–Trinajstić information content (AvgIpc) is 3.52. The van der Waals surface area contributed by atoms with Gasteiger partial charge in [0.2, 0.25) is 0 Å². The Bertz CT molecular complexity index is 2510. The molecule has 0 spiro atoms. The van der Waals surface area contributed by atoms with Crippen molar-refractivity contribution in [3.63, 3.8) is 0 Å². The number of nitrogens with zero attached hydrogens (tertiary/aromatic N) is 1. The fourth-order valence-corrected chi connectivity index (χ4v) is 6.78. The van der Waals surface area contributed by atoms with E-state index in [1.54, 1.807) is 0 Å². The highest BCUT2D eigenvalue weighted by atomic mass is 16.3. The van der Waals surface area contributed by atoms with E-state index in [0.717, 1.165) is 55.5 Å². The number of furan rings is 1. The predicted octanol–water partition coefficient (Wildman–Crippen LogP) is 12.7. The highest BCUT2D eigenvalue weighted by Gasteiger charge is 2.24. The van der Waals surface area contributed by atoms with E-state index in [2.05, 4.69) is 181 Å². The van der Waals surface area contributed by atoms with Crippen LogP contribution >= 0.6 is 0 Å². The molecule has 0 bridgehead atoms. The first kappa shape index (κ1) is 26.3. The predicted molar refractivity (Wildman–Crippen MR) is 194 cm³/mol. The topological polar surface area (TPSA) is 16.4 Å². The summed E-state index contributed by atoms with van der Waals surface area (Å²) in [5, 5.41) is 6.90. The summed E-state index contributed by atoms with van der Waals surface area (Å²) in [6.45, 7) is 0. The molecule has 8 aromatic carbocycles. The molecule has 9 aromatic rings. The van der Waals surface area contributed by atoms with Gasteiger partial charge in [0.15, 0.2) is 5.58 Å². The van der Waals surface area contributed by atoms with Gasteiger partial charge in [-0.3, -0.25) is 0 Å². The van der Waals surface area contributed by atoms with E-state index in [0.29, 0.717) is 0 Å². The van der Waals surface area contributed by atoms with Gasteiger partial charge in [-0.2, -0.15) is 0 Å². The van der Waals surface area contributed by atoms with E-state index >= 15 is 0 Å². The smallest absolute Gasteiger partial charge is 0.160 e. The first-order valence-corrected chi connectivity index (χ1v) is 15.7. The van der Waals surface area contributed by atoms with Crippen molar-refractivity contribution in [2.24, 2.45) is 0 Å². The first-order valence-electron chi connectivity index (χ1n) is 15.7. The van der Waals surface area contributed by atoms with Gasteiger partial charge in [-0.15, -0.1) is 0 Å². The second-order valence-electron chi connectivity index (χ2n) is 11.7. The zero-order valence-corrected chi connectivity index (χ0v) is 25.1. The molecule has 0 saturated carbocycles. The molecular formula is C44H29NO. The van der Waals surface area contributed by atoms with Crippen LogP contribution in [0.5, 0.6) is 0 Å². The van der Waals surface area contributed by atoms with Crippen molar-refractivity contribution >= 4 is 60.5 Å². The maximum Gasteiger partial charge on any atom is 0.160 e. The summed E-state index contributed by atoms with van der Waals surface area (Å²) in [6.07, 6.45) is 0. The lowest BCUT2D eigenvalue weighted by molar-refractivity contribution is 0.673. The van der Waals surface area contributed by atoms with Crippen molar-refractivity contribution in [3.05, 3.63) is 176 Å². The third kappa shape index (κ3) is 4.35. The molecule has 0 unspecified atom stereocenters. The molecular weight excluding hydrogens is 558 g/mol. The minimum atomic E-state index is 0.869. The van der Waals surface area contributed by atoms with Gasteiger partial charge in [0.25, 0.3) is 0 Å². The van der Waals surface area contributed by atoms with Crippen LogP contribution in [0.25, 0.3) is 65.7 Å². The first-order chi connectivity index (χ1) is 22.8. The fourth-order valence-electron chi connectivity index (χ4n) is 6.78. The third-order valence-electron chi connectivity index (χ3n) is 9.04. The lowest BCUT2D eigenvalue weighted by Crippen LogP contribution is -2.11. The summed E-state index contributed by atoms with van der Waals surface area (Å²) < 4.78 is 7.02. The zero-order chi connectivity index (χ0) is 30.5. The summed E-state index contributed by atoms with van der Waals surface area (Å²) in [4.78, 5) is 2.37. The quantitative estimate of drug-likeness (QED) is 0.199.